The Morgan fingerprint density at radius 2 is 2.31 bits per heavy atom. The molecule has 3 nitrogen and oxygen atoms in total. The summed E-state index contributed by atoms with van der Waals surface area (Å²) < 4.78 is 0. The van der Waals surface area contributed by atoms with E-state index in [-0.39, 0.29) is 11.9 Å². The van der Waals surface area contributed by atoms with Crippen molar-refractivity contribution >= 4 is 17.2 Å². The minimum Gasteiger partial charge on any atom is -0.353 e. The number of carbonyl (C=O) groups is 1. The van der Waals surface area contributed by atoms with Crippen LogP contribution in [0.5, 0.6) is 0 Å². The molecule has 0 aliphatic rings. The second kappa shape index (κ2) is 5.46. The quantitative estimate of drug-likeness (QED) is 0.826. The largest absolute Gasteiger partial charge is 0.353 e. The first-order chi connectivity index (χ1) is 7.37. The number of hydrogen-bond acceptors (Lipinski definition) is 3. The smallest absolute Gasteiger partial charge is 0.222 e. The summed E-state index contributed by atoms with van der Waals surface area (Å²) in [5.41, 5.74) is 6.62. The van der Waals surface area contributed by atoms with Gasteiger partial charge in [0, 0.05) is 18.0 Å². The van der Waals surface area contributed by atoms with Gasteiger partial charge in [-0.05, 0) is 49.6 Å². The summed E-state index contributed by atoms with van der Waals surface area (Å²) in [5, 5.41) is 7.12. The first-order valence-corrected chi connectivity index (χ1v) is 6.40. The Hall–Kier alpha value is -0.870. The Bertz CT molecular complexity index is 327. The monoisotopic (exact) mass is 240 g/mol. The van der Waals surface area contributed by atoms with Crippen molar-refractivity contribution in [2.75, 3.05) is 0 Å². The molecule has 0 saturated heterocycles. The molecule has 16 heavy (non-hydrogen) atoms. The number of nitrogens with one attached hydrogen (secondary N) is 1. The summed E-state index contributed by atoms with van der Waals surface area (Å²) in [5.74, 6) is 0.0234. The van der Waals surface area contributed by atoms with Crippen LogP contribution < -0.4 is 11.1 Å². The Morgan fingerprint density at radius 1 is 1.62 bits per heavy atom. The minimum atomic E-state index is -0.438. The van der Waals surface area contributed by atoms with Crippen molar-refractivity contribution in [3.63, 3.8) is 0 Å². The van der Waals surface area contributed by atoms with E-state index in [1.807, 2.05) is 26.2 Å². The highest BCUT2D eigenvalue weighted by Gasteiger charge is 2.17. The van der Waals surface area contributed by atoms with Gasteiger partial charge in [-0.3, -0.25) is 4.79 Å². The highest BCUT2D eigenvalue weighted by Crippen LogP contribution is 2.09. The lowest BCUT2D eigenvalue weighted by Gasteiger charge is -2.20. The van der Waals surface area contributed by atoms with Crippen LogP contribution in [0.25, 0.3) is 0 Å². The Labute approximate surface area is 101 Å². The molecule has 0 aliphatic heterocycles. The molecule has 90 valence electrons. The topological polar surface area (TPSA) is 55.1 Å². The van der Waals surface area contributed by atoms with Crippen LogP contribution in [0.2, 0.25) is 0 Å². The third kappa shape index (κ3) is 5.28. The normalized spacial score (nSPS) is 13.5. The molecular weight excluding hydrogens is 220 g/mol. The van der Waals surface area contributed by atoms with Crippen molar-refractivity contribution in [3.8, 4) is 0 Å². The zero-order chi connectivity index (χ0) is 12.2. The SMILES string of the molecule is CC(Cc1ccsc1)NC(=O)CC(C)(C)N. The van der Waals surface area contributed by atoms with Crippen molar-refractivity contribution in [3.05, 3.63) is 22.4 Å². The lowest BCUT2D eigenvalue weighted by atomic mass is 10.0. The van der Waals surface area contributed by atoms with Gasteiger partial charge in [-0.1, -0.05) is 0 Å². The fourth-order valence-electron chi connectivity index (χ4n) is 1.55. The summed E-state index contributed by atoms with van der Waals surface area (Å²) in [7, 11) is 0. The van der Waals surface area contributed by atoms with Gasteiger partial charge in [0.2, 0.25) is 5.91 Å². The van der Waals surface area contributed by atoms with Crippen LogP contribution in [-0.4, -0.2) is 17.5 Å². The van der Waals surface area contributed by atoms with Gasteiger partial charge in [-0.15, -0.1) is 0 Å². The van der Waals surface area contributed by atoms with Crippen molar-refractivity contribution in [1.29, 1.82) is 0 Å². The molecule has 1 atom stereocenters. The van der Waals surface area contributed by atoms with Gasteiger partial charge in [0.25, 0.3) is 0 Å². The molecule has 0 bridgehead atoms. The van der Waals surface area contributed by atoms with E-state index < -0.39 is 5.54 Å². The molecule has 3 N–H and O–H groups in total. The summed E-state index contributed by atoms with van der Waals surface area (Å²) in [4.78, 5) is 11.6. The maximum atomic E-state index is 11.6. The zero-order valence-electron chi connectivity index (χ0n) is 10.1. The molecule has 1 heterocycles. The van der Waals surface area contributed by atoms with E-state index in [9.17, 15) is 4.79 Å². The van der Waals surface area contributed by atoms with Crippen molar-refractivity contribution < 1.29 is 4.79 Å². The number of thiophene rings is 1. The van der Waals surface area contributed by atoms with Crippen LogP contribution in [-0.2, 0) is 11.2 Å². The summed E-state index contributed by atoms with van der Waals surface area (Å²) in [6.45, 7) is 5.73. The standard InChI is InChI=1S/C12H20N2OS/c1-9(6-10-4-5-16-8-10)14-11(15)7-12(2,3)13/h4-5,8-9H,6-7,13H2,1-3H3,(H,14,15). The third-order valence-corrected chi connectivity index (χ3v) is 2.88. The predicted molar refractivity (Wildman–Crippen MR) is 68.5 cm³/mol. The average Bonchev–Trinajstić information content (AvgIpc) is 2.51. The fraction of sp³-hybridized carbons (Fsp3) is 0.583. The molecule has 0 spiro atoms. The van der Waals surface area contributed by atoms with Gasteiger partial charge in [0.1, 0.15) is 0 Å². The van der Waals surface area contributed by atoms with E-state index in [4.69, 9.17) is 5.73 Å². The molecule has 0 saturated carbocycles. The van der Waals surface area contributed by atoms with Crippen LogP contribution in [0.1, 0.15) is 32.8 Å². The molecule has 0 aromatic carbocycles. The summed E-state index contributed by atoms with van der Waals surface area (Å²) in [6, 6.07) is 2.24. The maximum Gasteiger partial charge on any atom is 0.222 e. The highest BCUT2D eigenvalue weighted by molar-refractivity contribution is 7.07. The number of amides is 1. The zero-order valence-corrected chi connectivity index (χ0v) is 10.9. The van der Waals surface area contributed by atoms with Crippen molar-refractivity contribution in [1.82, 2.24) is 5.32 Å². The van der Waals surface area contributed by atoms with Gasteiger partial charge in [0.15, 0.2) is 0 Å². The van der Waals surface area contributed by atoms with Crippen LogP contribution in [0.3, 0.4) is 0 Å². The average molecular weight is 240 g/mol. The predicted octanol–water partition coefficient (Wildman–Crippen LogP) is 1.92. The Balaban J connectivity index is 2.34. The third-order valence-electron chi connectivity index (χ3n) is 2.15. The van der Waals surface area contributed by atoms with Gasteiger partial charge in [-0.2, -0.15) is 11.3 Å². The van der Waals surface area contributed by atoms with Crippen molar-refractivity contribution in [2.24, 2.45) is 5.73 Å². The Kier molecular flexibility index (Phi) is 4.50. The van der Waals surface area contributed by atoms with Gasteiger partial charge < -0.3 is 11.1 Å². The molecule has 1 aromatic heterocycles. The molecule has 1 aromatic rings. The molecule has 0 fully saturated rings. The lowest BCUT2D eigenvalue weighted by molar-refractivity contribution is -0.122. The number of nitrogens with two attached hydrogens (primary N) is 1. The van der Waals surface area contributed by atoms with E-state index in [0.717, 1.165) is 6.42 Å². The van der Waals surface area contributed by atoms with Crippen LogP contribution in [0.4, 0.5) is 0 Å². The summed E-state index contributed by atoms with van der Waals surface area (Å²) in [6.07, 6.45) is 1.24. The summed E-state index contributed by atoms with van der Waals surface area (Å²) >= 11 is 1.68. The van der Waals surface area contributed by atoms with Crippen molar-refractivity contribution in [2.45, 2.75) is 45.2 Å². The first kappa shape index (κ1) is 13.2. The molecule has 1 rings (SSSR count). The van der Waals surface area contributed by atoms with E-state index >= 15 is 0 Å². The lowest BCUT2D eigenvalue weighted by Crippen LogP contribution is -2.42. The molecule has 1 unspecified atom stereocenters. The highest BCUT2D eigenvalue weighted by atomic mass is 32.1. The molecule has 0 radical (unpaired) electrons. The molecular formula is C12H20N2OS. The number of carbonyl (C=O) groups excluding carboxylic acids is 1. The van der Waals surface area contributed by atoms with E-state index in [1.165, 1.54) is 5.56 Å². The van der Waals surface area contributed by atoms with Gasteiger partial charge >= 0.3 is 0 Å². The van der Waals surface area contributed by atoms with Crippen LogP contribution >= 0.6 is 11.3 Å². The molecule has 4 heteroatoms. The molecule has 1 amide bonds. The minimum absolute atomic E-state index is 0.0234. The van der Waals surface area contributed by atoms with E-state index in [2.05, 4.69) is 16.8 Å². The Morgan fingerprint density at radius 3 is 2.81 bits per heavy atom. The van der Waals surface area contributed by atoms with E-state index in [1.54, 1.807) is 11.3 Å². The van der Waals surface area contributed by atoms with E-state index in [0.29, 0.717) is 6.42 Å². The van der Waals surface area contributed by atoms with Gasteiger partial charge in [-0.25, -0.2) is 0 Å². The molecule has 0 aliphatic carbocycles. The first-order valence-electron chi connectivity index (χ1n) is 5.46. The van der Waals surface area contributed by atoms with Crippen LogP contribution in [0.15, 0.2) is 16.8 Å². The van der Waals surface area contributed by atoms with Gasteiger partial charge in [0.05, 0.1) is 0 Å². The second-order valence-electron chi connectivity index (χ2n) is 4.97. The fourth-order valence-corrected chi connectivity index (χ4v) is 2.23. The maximum absolute atomic E-state index is 11.6. The number of hydrogen-bond donors (Lipinski definition) is 2. The second-order valence-corrected chi connectivity index (χ2v) is 5.75. The number of rotatable bonds is 5. The van der Waals surface area contributed by atoms with Crippen LogP contribution in [0, 0.1) is 0 Å².